The van der Waals surface area contributed by atoms with Crippen LogP contribution in [0.15, 0.2) is 12.1 Å². The predicted molar refractivity (Wildman–Crippen MR) is 69.3 cm³/mol. The lowest BCUT2D eigenvalue weighted by molar-refractivity contribution is 0.137. The van der Waals surface area contributed by atoms with E-state index in [4.69, 9.17) is 19.9 Å². The van der Waals surface area contributed by atoms with Gasteiger partial charge in [-0.2, -0.15) is 0 Å². The molecule has 1 aromatic rings. The predicted octanol–water partition coefficient (Wildman–Crippen LogP) is 1.48. The van der Waals surface area contributed by atoms with Gasteiger partial charge >= 0.3 is 0 Å². The summed E-state index contributed by atoms with van der Waals surface area (Å²) in [5, 5.41) is 10.3. The molecule has 5 heteroatoms. The highest BCUT2D eigenvalue weighted by molar-refractivity contribution is 5.52. The van der Waals surface area contributed by atoms with E-state index in [-0.39, 0.29) is 6.04 Å². The minimum absolute atomic E-state index is 0.374. The highest BCUT2D eigenvalue weighted by Gasteiger charge is 2.24. The van der Waals surface area contributed by atoms with Crippen molar-refractivity contribution < 1.29 is 19.3 Å². The Hall–Kier alpha value is -1.46. The molecule has 0 aromatic heterocycles. The topological polar surface area (TPSA) is 73.9 Å². The summed E-state index contributed by atoms with van der Waals surface area (Å²) < 4.78 is 15.7. The molecule has 0 spiro atoms. The molecule has 0 radical (unpaired) electrons. The molecule has 5 nitrogen and oxygen atoms in total. The van der Waals surface area contributed by atoms with Gasteiger partial charge in [0.1, 0.15) is 23.4 Å². The number of rotatable bonds is 6. The minimum Gasteiger partial charge on any atom is -0.496 e. The first-order valence-corrected chi connectivity index (χ1v) is 5.82. The average molecular weight is 255 g/mol. The Kier molecular flexibility index (Phi) is 5.25. The summed E-state index contributed by atoms with van der Waals surface area (Å²) in [5.41, 5.74) is 6.42. The van der Waals surface area contributed by atoms with Gasteiger partial charge in [-0.3, -0.25) is 0 Å². The Morgan fingerprint density at radius 3 is 1.94 bits per heavy atom. The molecule has 0 aliphatic heterocycles. The molecule has 1 rings (SSSR count). The van der Waals surface area contributed by atoms with Crippen molar-refractivity contribution >= 4 is 0 Å². The quantitative estimate of drug-likeness (QED) is 0.805. The number of aliphatic hydroxyl groups is 1. The molecular formula is C13H21NO4. The van der Waals surface area contributed by atoms with Crippen molar-refractivity contribution in [3.8, 4) is 17.2 Å². The molecule has 1 aromatic carbocycles. The second kappa shape index (κ2) is 6.47. The van der Waals surface area contributed by atoms with Crippen molar-refractivity contribution in [2.75, 3.05) is 21.3 Å². The highest BCUT2D eigenvalue weighted by atomic mass is 16.5. The first-order valence-electron chi connectivity index (χ1n) is 5.82. The van der Waals surface area contributed by atoms with Crippen LogP contribution >= 0.6 is 0 Å². The molecule has 2 unspecified atom stereocenters. The van der Waals surface area contributed by atoms with Gasteiger partial charge in [-0.15, -0.1) is 0 Å². The number of aliphatic hydroxyl groups excluding tert-OH is 1. The zero-order valence-corrected chi connectivity index (χ0v) is 11.3. The Balaban J connectivity index is 3.30. The van der Waals surface area contributed by atoms with Gasteiger partial charge in [0, 0.05) is 18.2 Å². The van der Waals surface area contributed by atoms with Crippen LogP contribution in [0.25, 0.3) is 0 Å². The van der Waals surface area contributed by atoms with E-state index in [9.17, 15) is 5.11 Å². The third-order valence-electron chi connectivity index (χ3n) is 2.93. The van der Waals surface area contributed by atoms with Gasteiger partial charge in [0.25, 0.3) is 0 Å². The summed E-state index contributed by atoms with van der Waals surface area (Å²) in [4.78, 5) is 0. The van der Waals surface area contributed by atoms with Crippen LogP contribution in [0.5, 0.6) is 17.2 Å². The lowest BCUT2D eigenvalue weighted by Gasteiger charge is -2.22. The maximum atomic E-state index is 10.3. The van der Waals surface area contributed by atoms with Crippen LogP contribution in [-0.4, -0.2) is 32.5 Å². The van der Waals surface area contributed by atoms with E-state index in [1.165, 1.54) is 14.2 Å². The molecule has 0 fully saturated rings. The number of benzene rings is 1. The van der Waals surface area contributed by atoms with Crippen LogP contribution < -0.4 is 19.9 Å². The zero-order valence-electron chi connectivity index (χ0n) is 11.3. The van der Waals surface area contributed by atoms with Crippen molar-refractivity contribution in [1.82, 2.24) is 0 Å². The zero-order chi connectivity index (χ0) is 13.7. The van der Waals surface area contributed by atoms with Crippen LogP contribution in [-0.2, 0) is 0 Å². The van der Waals surface area contributed by atoms with Crippen molar-refractivity contribution in [3.63, 3.8) is 0 Å². The fourth-order valence-corrected chi connectivity index (χ4v) is 1.76. The molecule has 0 aliphatic carbocycles. The largest absolute Gasteiger partial charge is 0.496 e. The van der Waals surface area contributed by atoms with Crippen LogP contribution in [0.2, 0.25) is 0 Å². The Bertz CT molecular complexity index is 370. The molecule has 0 saturated carbocycles. The van der Waals surface area contributed by atoms with E-state index < -0.39 is 6.10 Å². The summed E-state index contributed by atoms with van der Waals surface area (Å²) in [6.45, 7) is 1.91. The second-order valence-corrected chi connectivity index (χ2v) is 3.96. The molecule has 0 aliphatic rings. The van der Waals surface area contributed by atoms with Crippen LogP contribution in [0, 0.1) is 0 Å². The molecule has 0 saturated heterocycles. The van der Waals surface area contributed by atoms with Crippen LogP contribution in [0.4, 0.5) is 0 Å². The van der Waals surface area contributed by atoms with Gasteiger partial charge in [0.15, 0.2) is 0 Å². The van der Waals surface area contributed by atoms with Gasteiger partial charge in [-0.1, -0.05) is 6.92 Å². The van der Waals surface area contributed by atoms with Gasteiger partial charge in [0.05, 0.1) is 26.9 Å². The van der Waals surface area contributed by atoms with Gasteiger partial charge < -0.3 is 25.1 Å². The normalized spacial score (nSPS) is 13.9. The Morgan fingerprint density at radius 2 is 1.61 bits per heavy atom. The lowest BCUT2D eigenvalue weighted by Crippen LogP contribution is -2.28. The van der Waals surface area contributed by atoms with E-state index in [0.717, 1.165) is 0 Å². The summed E-state index contributed by atoms with van der Waals surface area (Å²) in [6, 6.07) is 3.02. The highest BCUT2D eigenvalue weighted by Crippen LogP contribution is 2.39. The van der Waals surface area contributed by atoms with Gasteiger partial charge in [-0.05, 0) is 6.42 Å². The van der Waals surface area contributed by atoms with E-state index in [1.807, 2.05) is 6.92 Å². The minimum atomic E-state index is -0.842. The molecule has 18 heavy (non-hydrogen) atoms. The van der Waals surface area contributed by atoms with Gasteiger partial charge in [0.2, 0.25) is 0 Å². The van der Waals surface area contributed by atoms with E-state index in [0.29, 0.717) is 29.2 Å². The second-order valence-electron chi connectivity index (χ2n) is 3.96. The first kappa shape index (κ1) is 14.6. The molecule has 0 heterocycles. The third kappa shape index (κ3) is 2.86. The summed E-state index contributed by atoms with van der Waals surface area (Å²) in [5.74, 6) is 1.61. The van der Waals surface area contributed by atoms with Crippen molar-refractivity contribution in [2.24, 2.45) is 5.73 Å². The summed E-state index contributed by atoms with van der Waals surface area (Å²) >= 11 is 0. The standard InChI is InChI=1S/C13H21NO4/c1-5-9(14)13(15)12-10(17-3)6-8(16-2)7-11(12)18-4/h6-7,9,13,15H,5,14H2,1-4H3. The van der Waals surface area contributed by atoms with Crippen molar-refractivity contribution in [3.05, 3.63) is 17.7 Å². The Labute approximate surface area is 107 Å². The van der Waals surface area contributed by atoms with Gasteiger partial charge in [-0.25, -0.2) is 0 Å². The lowest BCUT2D eigenvalue weighted by atomic mass is 9.99. The molecule has 102 valence electrons. The molecule has 0 amide bonds. The maximum Gasteiger partial charge on any atom is 0.132 e. The molecule has 2 atom stereocenters. The average Bonchev–Trinajstić information content (AvgIpc) is 2.43. The van der Waals surface area contributed by atoms with Crippen LogP contribution in [0.1, 0.15) is 25.0 Å². The summed E-state index contributed by atoms with van der Waals surface area (Å²) in [7, 11) is 4.62. The van der Waals surface area contributed by atoms with Crippen LogP contribution in [0.3, 0.4) is 0 Å². The van der Waals surface area contributed by atoms with Crippen molar-refractivity contribution in [2.45, 2.75) is 25.5 Å². The number of methoxy groups -OCH3 is 3. The van der Waals surface area contributed by atoms with E-state index in [2.05, 4.69) is 0 Å². The number of ether oxygens (including phenoxy) is 3. The fraction of sp³-hybridized carbons (Fsp3) is 0.538. The molecular weight excluding hydrogens is 234 g/mol. The fourth-order valence-electron chi connectivity index (χ4n) is 1.76. The monoisotopic (exact) mass is 255 g/mol. The number of hydrogen-bond donors (Lipinski definition) is 2. The smallest absolute Gasteiger partial charge is 0.132 e. The third-order valence-corrected chi connectivity index (χ3v) is 2.93. The molecule has 3 N–H and O–H groups in total. The first-order chi connectivity index (χ1) is 8.58. The maximum absolute atomic E-state index is 10.3. The summed E-state index contributed by atoms with van der Waals surface area (Å²) in [6.07, 6.45) is -0.190. The number of nitrogens with two attached hydrogens (primary N) is 1. The molecule has 0 bridgehead atoms. The van der Waals surface area contributed by atoms with E-state index >= 15 is 0 Å². The van der Waals surface area contributed by atoms with E-state index in [1.54, 1.807) is 19.2 Å². The Morgan fingerprint density at radius 1 is 1.11 bits per heavy atom. The number of hydrogen-bond acceptors (Lipinski definition) is 5. The van der Waals surface area contributed by atoms with Crippen molar-refractivity contribution in [1.29, 1.82) is 0 Å². The SMILES string of the molecule is CCC(N)C(O)c1c(OC)cc(OC)cc1OC.